The van der Waals surface area contributed by atoms with Crippen molar-refractivity contribution in [2.24, 2.45) is 0 Å². The molecule has 0 saturated heterocycles. The average Bonchev–Trinajstić information content (AvgIpc) is 2.48. The molecule has 0 N–H and O–H groups in total. The van der Waals surface area contributed by atoms with Crippen LogP contribution in [-0.4, -0.2) is 17.1 Å². The number of benzene rings is 1. The van der Waals surface area contributed by atoms with E-state index in [1.54, 1.807) is 7.11 Å². The second kappa shape index (κ2) is 6.88. The predicted octanol–water partition coefficient (Wildman–Crippen LogP) is 3.88. The van der Waals surface area contributed by atoms with Crippen LogP contribution in [0.2, 0.25) is 0 Å². The Morgan fingerprint density at radius 2 is 1.68 bits per heavy atom. The van der Waals surface area contributed by atoms with Crippen LogP contribution >= 0.6 is 0 Å². The van der Waals surface area contributed by atoms with Gasteiger partial charge < -0.3 is 4.74 Å². The van der Waals surface area contributed by atoms with Crippen LogP contribution in [0, 0.1) is 0 Å². The summed E-state index contributed by atoms with van der Waals surface area (Å²) in [7, 11) is 1.66. The van der Waals surface area contributed by atoms with E-state index in [0.717, 1.165) is 23.6 Å². The Morgan fingerprint density at radius 1 is 1.00 bits per heavy atom. The Morgan fingerprint density at radius 3 is 2.26 bits per heavy atom. The Balaban J connectivity index is 2.04. The molecule has 3 heteroatoms. The van der Waals surface area contributed by atoms with E-state index in [0.29, 0.717) is 0 Å². The number of nitrogens with zero attached hydrogens (tertiary/aromatic N) is 2. The standard InChI is InChI=1S/C16H20N2O/c1-3-4-5-6-13-11-17-16(18-12-13)14-7-9-15(19-2)10-8-14/h7-12H,3-6H2,1-2H3. The molecule has 0 unspecified atom stereocenters. The maximum Gasteiger partial charge on any atom is 0.159 e. The van der Waals surface area contributed by atoms with Gasteiger partial charge in [-0.3, -0.25) is 0 Å². The molecular weight excluding hydrogens is 236 g/mol. The first-order valence-electron chi connectivity index (χ1n) is 6.79. The van der Waals surface area contributed by atoms with Crippen LogP contribution in [0.5, 0.6) is 5.75 Å². The number of rotatable bonds is 6. The van der Waals surface area contributed by atoms with Gasteiger partial charge in [-0.25, -0.2) is 9.97 Å². The van der Waals surface area contributed by atoms with Gasteiger partial charge in [0.05, 0.1) is 7.11 Å². The number of aryl methyl sites for hydroxylation is 1. The van der Waals surface area contributed by atoms with Gasteiger partial charge in [0.1, 0.15) is 5.75 Å². The van der Waals surface area contributed by atoms with Crippen LogP contribution in [0.3, 0.4) is 0 Å². The van der Waals surface area contributed by atoms with Crippen molar-refractivity contribution in [1.82, 2.24) is 9.97 Å². The highest BCUT2D eigenvalue weighted by Gasteiger charge is 2.02. The van der Waals surface area contributed by atoms with Crippen LogP contribution in [0.25, 0.3) is 11.4 Å². The molecule has 100 valence electrons. The van der Waals surface area contributed by atoms with E-state index in [4.69, 9.17) is 4.74 Å². The molecule has 2 rings (SSSR count). The molecule has 0 aliphatic heterocycles. The molecule has 19 heavy (non-hydrogen) atoms. The van der Waals surface area contributed by atoms with Crippen molar-refractivity contribution < 1.29 is 4.74 Å². The molecule has 1 aromatic carbocycles. The van der Waals surface area contributed by atoms with Gasteiger partial charge in [0.25, 0.3) is 0 Å². The summed E-state index contributed by atoms with van der Waals surface area (Å²) >= 11 is 0. The van der Waals surface area contributed by atoms with Gasteiger partial charge in [0, 0.05) is 18.0 Å². The zero-order valence-corrected chi connectivity index (χ0v) is 11.6. The van der Waals surface area contributed by atoms with Gasteiger partial charge >= 0.3 is 0 Å². The summed E-state index contributed by atoms with van der Waals surface area (Å²) in [6, 6.07) is 7.80. The fourth-order valence-electron chi connectivity index (χ4n) is 1.95. The predicted molar refractivity (Wildman–Crippen MR) is 77.2 cm³/mol. The van der Waals surface area contributed by atoms with Crippen molar-refractivity contribution in [1.29, 1.82) is 0 Å². The van der Waals surface area contributed by atoms with E-state index < -0.39 is 0 Å². The molecule has 1 aromatic heterocycles. The summed E-state index contributed by atoms with van der Waals surface area (Å²) in [6.45, 7) is 2.21. The van der Waals surface area contributed by atoms with Gasteiger partial charge in [-0.15, -0.1) is 0 Å². The van der Waals surface area contributed by atoms with Crippen molar-refractivity contribution >= 4 is 0 Å². The third-order valence-electron chi connectivity index (χ3n) is 3.12. The summed E-state index contributed by atoms with van der Waals surface area (Å²) in [5.41, 5.74) is 2.23. The minimum absolute atomic E-state index is 0.766. The van der Waals surface area contributed by atoms with Gasteiger partial charge in [-0.05, 0) is 42.7 Å². The normalized spacial score (nSPS) is 10.4. The lowest BCUT2D eigenvalue weighted by Gasteiger charge is -2.04. The Bertz CT molecular complexity index is 491. The molecule has 0 radical (unpaired) electrons. The summed E-state index contributed by atoms with van der Waals surface area (Å²) in [5, 5.41) is 0. The molecule has 0 saturated carbocycles. The van der Waals surface area contributed by atoms with E-state index in [1.807, 2.05) is 36.7 Å². The molecule has 0 fully saturated rings. The van der Waals surface area contributed by atoms with Crippen LogP contribution in [0.15, 0.2) is 36.7 Å². The fourth-order valence-corrected chi connectivity index (χ4v) is 1.95. The monoisotopic (exact) mass is 256 g/mol. The zero-order valence-electron chi connectivity index (χ0n) is 11.6. The third-order valence-corrected chi connectivity index (χ3v) is 3.12. The Labute approximate surface area is 114 Å². The summed E-state index contributed by atoms with van der Waals surface area (Å²) in [5.74, 6) is 1.61. The van der Waals surface area contributed by atoms with Crippen molar-refractivity contribution in [3.63, 3.8) is 0 Å². The molecule has 1 heterocycles. The number of ether oxygens (including phenoxy) is 1. The molecule has 0 amide bonds. The van der Waals surface area contributed by atoms with Crippen molar-refractivity contribution in [2.75, 3.05) is 7.11 Å². The number of hydrogen-bond acceptors (Lipinski definition) is 3. The van der Waals surface area contributed by atoms with Crippen LogP contribution in [0.4, 0.5) is 0 Å². The molecule has 0 bridgehead atoms. The van der Waals surface area contributed by atoms with E-state index >= 15 is 0 Å². The first-order chi connectivity index (χ1) is 9.33. The summed E-state index contributed by atoms with van der Waals surface area (Å²) in [4.78, 5) is 8.86. The maximum atomic E-state index is 5.14. The third kappa shape index (κ3) is 3.78. The number of hydrogen-bond donors (Lipinski definition) is 0. The van der Waals surface area contributed by atoms with E-state index in [2.05, 4.69) is 16.9 Å². The summed E-state index contributed by atoms with van der Waals surface area (Å²) in [6.07, 6.45) is 8.65. The van der Waals surface area contributed by atoms with Gasteiger partial charge in [-0.2, -0.15) is 0 Å². The van der Waals surface area contributed by atoms with Crippen LogP contribution < -0.4 is 4.74 Å². The van der Waals surface area contributed by atoms with Crippen molar-refractivity contribution in [3.05, 3.63) is 42.2 Å². The minimum Gasteiger partial charge on any atom is -0.497 e. The first kappa shape index (κ1) is 13.5. The molecule has 0 aliphatic rings. The molecule has 0 atom stereocenters. The highest BCUT2D eigenvalue weighted by molar-refractivity contribution is 5.55. The van der Waals surface area contributed by atoms with E-state index in [1.165, 1.54) is 24.8 Å². The molecule has 0 spiro atoms. The number of methoxy groups -OCH3 is 1. The topological polar surface area (TPSA) is 35.0 Å². The van der Waals surface area contributed by atoms with Crippen LogP contribution in [-0.2, 0) is 6.42 Å². The lowest BCUT2D eigenvalue weighted by atomic mass is 10.1. The molecule has 2 aromatic rings. The van der Waals surface area contributed by atoms with Crippen molar-refractivity contribution in [2.45, 2.75) is 32.6 Å². The molecule has 0 aliphatic carbocycles. The number of unbranched alkanes of at least 4 members (excludes halogenated alkanes) is 2. The fraction of sp³-hybridized carbons (Fsp3) is 0.375. The van der Waals surface area contributed by atoms with Crippen molar-refractivity contribution in [3.8, 4) is 17.1 Å². The van der Waals surface area contributed by atoms with Gasteiger partial charge in [0.2, 0.25) is 0 Å². The highest BCUT2D eigenvalue weighted by Crippen LogP contribution is 2.19. The van der Waals surface area contributed by atoms with E-state index in [9.17, 15) is 0 Å². The second-order valence-corrected chi connectivity index (χ2v) is 4.60. The summed E-state index contributed by atoms with van der Waals surface area (Å²) < 4.78 is 5.14. The van der Waals surface area contributed by atoms with Crippen LogP contribution in [0.1, 0.15) is 31.7 Å². The zero-order chi connectivity index (χ0) is 13.5. The smallest absolute Gasteiger partial charge is 0.159 e. The van der Waals surface area contributed by atoms with Gasteiger partial charge in [0.15, 0.2) is 5.82 Å². The molecule has 3 nitrogen and oxygen atoms in total. The average molecular weight is 256 g/mol. The SMILES string of the molecule is CCCCCc1cnc(-c2ccc(OC)cc2)nc1. The quantitative estimate of drug-likeness (QED) is 0.735. The Hall–Kier alpha value is -1.90. The lowest BCUT2D eigenvalue weighted by Crippen LogP contribution is -1.93. The van der Waals surface area contributed by atoms with E-state index in [-0.39, 0.29) is 0 Å². The second-order valence-electron chi connectivity index (χ2n) is 4.60. The number of aromatic nitrogens is 2. The Kier molecular flexibility index (Phi) is 4.90. The lowest BCUT2D eigenvalue weighted by molar-refractivity contribution is 0.415. The maximum absolute atomic E-state index is 5.14. The van der Waals surface area contributed by atoms with Gasteiger partial charge in [-0.1, -0.05) is 19.8 Å². The largest absolute Gasteiger partial charge is 0.497 e. The first-order valence-corrected chi connectivity index (χ1v) is 6.79. The highest BCUT2D eigenvalue weighted by atomic mass is 16.5. The minimum atomic E-state index is 0.766. The molecular formula is C16H20N2O.